The van der Waals surface area contributed by atoms with E-state index in [1.54, 1.807) is 0 Å². The van der Waals surface area contributed by atoms with Crippen molar-refractivity contribution >= 4 is 0 Å². The number of nitrogens with two attached hydrogens (primary N) is 1. The van der Waals surface area contributed by atoms with Crippen molar-refractivity contribution < 1.29 is 0 Å². The van der Waals surface area contributed by atoms with Gasteiger partial charge in [-0.1, -0.05) is 32.6 Å². The molecule has 1 heterocycles. The highest BCUT2D eigenvalue weighted by Crippen LogP contribution is 2.38. The minimum Gasteiger partial charge on any atom is -0.329 e. The smallest absolute Gasteiger partial charge is 0.0358 e. The Morgan fingerprint density at radius 2 is 1.60 bits per heavy atom. The Morgan fingerprint density at radius 1 is 0.950 bits per heavy atom. The lowest BCUT2D eigenvalue weighted by molar-refractivity contribution is -0.0268. The van der Waals surface area contributed by atoms with E-state index in [1.165, 1.54) is 77.5 Å². The second kappa shape index (κ2) is 6.33. The van der Waals surface area contributed by atoms with Crippen LogP contribution in [0.3, 0.4) is 0 Å². The second-order valence-corrected chi connectivity index (χ2v) is 7.42. The lowest BCUT2D eigenvalue weighted by atomic mass is 9.72. The largest absolute Gasteiger partial charge is 0.329 e. The molecule has 2 saturated carbocycles. The first-order chi connectivity index (χ1) is 9.76. The van der Waals surface area contributed by atoms with Gasteiger partial charge in [-0.2, -0.15) is 0 Å². The molecule has 1 saturated heterocycles. The molecule has 0 spiro atoms. The summed E-state index contributed by atoms with van der Waals surface area (Å²) in [6.45, 7) is 8.35. The van der Waals surface area contributed by atoms with E-state index >= 15 is 0 Å². The van der Waals surface area contributed by atoms with Crippen LogP contribution >= 0.6 is 0 Å². The summed E-state index contributed by atoms with van der Waals surface area (Å²) in [5, 5.41) is 0. The molecule has 0 amide bonds. The Balaban J connectivity index is 1.60. The van der Waals surface area contributed by atoms with Gasteiger partial charge in [-0.3, -0.25) is 9.80 Å². The summed E-state index contributed by atoms with van der Waals surface area (Å²) in [7, 11) is 0. The molecule has 2 N–H and O–H groups in total. The number of nitrogens with zero attached hydrogens (tertiary/aromatic N) is 2. The molecule has 0 radical (unpaired) electrons. The van der Waals surface area contributed by atoms with Gasteiger partial charge in [0.1, 0.15) is 0 Å². The number of hydrogen-bond donors (Lipinski definition) is 1. The molecular formula is C17H33N3. The van der Waals surface area contributed by atoms with Crippen LogP contribution in [-0.4, -0.2) is 54.1 Å². The van der Waals surface area contributed by atoms with Crippen molar-refractivity contribution in [3.05, 3.63) is 0 Å². The number of hydrogen-bond acceptors (Lipinski definition) is 3. The molecule has 0 aromatic rings. The van der Waals surface area contributed by atoms with Crippen LogP contribution in [0.2, 0.25) is 0 Å². The van der Waals surface area contributed by atoms with Crippen LogP contribution in [0, 0.1) is 5.92 Å². The molecule has 116 valence electrons. The first kappa shape index (κ1) is 14.8. The van der Waals surface area contributed by atoms with Crippen LogP contribution in [0.1, 0.15) is 58.3 Å². The standard InChI is InChI=1S/C17H33N3/c1-15-6-4-5-9-17(15,14-18)20-12-10-19(11-13-20)16-7-2-3-8-16/h15-16H,2-14,18H2,1H3. The molecular weight excluding hydrogens is 246 g/mol. The molecule has 2 unspecified atom stereocenters. The topological polar surface area (TPSA) is 32.5 Å². The van der Waals surface area contributed by atoms with Crippen molar-refractivity contribution in [3.8, 4) is 0 Å². The van der Waals surface area contributed by atoms with Crippen molar-refractivity contribution in [3.63, 3.8) is 0 Å². The first-order valence-electron chi connectivity index (χ1n) is 8.95. The Bertz CT molecular complexity index is 305. The Hall–Kier alpha value is -0.120. The summed E-state index contributed by atoms with van der Waals surface area (Å²) in [5.41, 5.74) is 6.58. The normalized spacial score (nSPS) is 38.4. The lowest BCUT2D eigenvalue weighted by Gasteiger charge is -2.53. The van der Waals surface area contributed by atoms with Gasteiger partial charge in [0.15, 0.2) is 0 Å². The maximum atomic E-state index is 6.26. The molecule has 20 heavy (non-hydrogen) atoms. The van der Waals surface area contributed by atoms with Crippen LogP contribution in [0.25, 0.3) is 0 Å². The van der Waals surface area contributed by atoms with Gasteiger partial charge in [0, 0.05) is 44.3 Å². The average molecular weight is 279 g/mol. The van der Waals surface area contributed by atoms with Gasteiger partial charge in [-0.05, 0) is 31.6 Å². The summed E-state index contributed by atoms with van der Waals surface area (Å²) < 4.78 is 0. The fourth-order valence-corrected chi connectivity index (χ4v) is 5.10. The third-order valence-electron chi connectivity index (χ3n) is 6.55. The quantitative estimate of drug-likeness (QED) is 0.861. The molecule has 3 nitrogen and oxygen atoms in total. The van der Waals surface area contributed by atoms with E-state index in [0.717, 1.165) is 18.5 Å². The SMILES string of the molecule is CC1CCCCC1(CN)N1CCN(C2CCCC2)CC1. The lowest BCUT2D eigenvalue weighted by Crippen LogP contribution is -2.64. The van der Waals surface area contributed by atoms with E-state index in [4.69, 9.17) is 5.73 Å². The van der Waals surface area contributed by atoms with E-state index in [1.807, 2.05) is 0 Å². The highest BCUT2D eigenvalue weighted by Gasteiger charge is 2.43. The van der Waals surface area contributed by atoms with Crippen LogP contribution < -0.4 is 5.73 Å². The Morgan fingerprint density at radius 3 is 2.20 bits per heavy atom. The summed E-state index contributed by atoms with van der Waals surface area (Å²) in [6, 6.07) is 0.898. The molecule has 3 aliphatic rings. The van der Waals surface area contributed by atoms with Crippen LogP contribution in [0.5, 0.6) is 0 Å². The zero-order chi connectivity index (χ0) is 14.0. The first-order valence-corrected chi connectivity index (χ1v) is 8.95. The van der Waals surface area contributed by atoms with Crippen LogP contribution in [0.4, 0.5) is 0 Å². The third kappa shape index (κ3) is 2.65. The summed E-state index contributed by atoms with van der Waals surface area (Å²) >= 11 is 0. The highest BCUT2D eigenvalue weighted by molar-refractivity contribution is 5.00. The zero-order valence-electron chi connectivity index (χ0n) is 13.3. The molecule has 0 aromatic carbocycles. The predicted octanol–water partition coefficient (Wildman–Crippen LogP) is 2.45. The van der Waals surface area contributed by atoms with E-state index in [9.17, 15) is 0 Å². The van der Waals surface area contributed by atoms with Crippen LogP contribution in [-0.2, 0) is 0 Å². The third-order valence-corrected chi connectivity index (χ3v) is 6.55. The van der Waals surface area contributed by atoms with Gasteiger partial charge < -0.3 is 5.73 Å². The monoisotopic (exact) mass is 279 g/mol. The highest BCUT2D eigenvalue weighted by atomic mass is 15.3. The van der Waals surface area contributed by atoms with E-state index < -0.39 is 0 Å². The Kier molecular flexibility index (Phi) is 4.68. The number of piperazine rings is 1. The maximum Gasteiger partial charge on any atom is 0.0358 e. The predicted molar refractivity (Wildman–Crippen MR) is 84.8 cm³/mol. The van der Waals surface area contributed by atoms with Crippen molar-refractivity contribution in [2.75, 3.05) is 32.7 Å². The molecule has 1 aliphatic heterocycles. The van der Waals surface area contributed by atoms with Crippen molar-refractivity contribution in [1.82, 2.24) is 9.80 Å². The average Bonchev–Trinajstić information content (AvgIpc) is 3.03. The fourth-order valence-electron chi connectivity index (χ4n) is 5.10. The summed E-state index contributed by atoms with van der Waals surface area (Å²) in [6.07, 6.45) is 11.3. The molecule has 0 aromatic heterocycles. The van der Waals surface area contributed by atoms with E-state index in [0.29, 0.717) is 5.54 Å². The number of rotatable bonds is 3. The van der Waals surface area contributed by atoms with Crippen molar-refractivity contribution in [2.24, 2.45) is 11.7 Å². The fraction of sp³-hybridized carbons (Fsp3) is 1.00. The van der Waals surface area contributed by atoms with Crippen molar-refractivity contribution in [1.29, 1.82) is 0 Å². The minimum atomic E-state index is 0.319. The second-order valence-electron chi connectivity index (χ2n) is 7.42. The molecule has 3 rings (SSSR count). The van der Waals surface area contributed by atoms with Gasteiger partial charge in [-0.15, -0.1) is 0 Å². The molecule has 3 fully saturated rings. The van der Waals surface area contributed by atoms with Gasteiger partial charge in [0.2, 0.25) is 0 Å². The summed E-state index contributed by atoms with van der Waals surface area (Å²) in [5.74, 6) is 0.777. The van der Waals surface area contributed by atoms with E-state index in [2.05, 4.69) is 16.7 Å². The Labute approximate surface area is 124 Å². The van der Waals surface area contributed by atoms with Gasteiger partial charge in [-0.25, -0.2) is 0 Å². The molecule has 3 heteroatoms. The molecule has 2 aliphatic carbocycles. The van der Waals surface area contributed by atoms with Crippen molar-refractivity contribution in [2.45, 2.75) is 69.9 Å². The van der Waals surface area contributed by atoms with E-state index in [-0.39, 0.29) is 0 Å². The molecule has 0 bridgehead atoms. The van der Waals surface area contributed by atoms with Crippen LogP contribution in [0.15, 0.2) is 0 Å². The zero-order valence-corrected chi connectivity index (χ0v) is 13.3. The molecule has 2 atom stereocenters. The summed E-state index contributed by atoms with van der Waals surface area (Å²) in [4.78, 5) is 5.53. The minimum absolute atomic E-state index is 0.319. The van der Waals surface area contributed by atoms with Gasteiger partial charge in [0.05, 0.1) is 0 Å². The van der Waals surface area contributed by atoms with Gasteiger partial charge in [0.25, 0.3) is 0 Å². The van der Waals surface area contributed by atoms with Gasteiger partial charge >= 0.3 is 0 Å². The maximum absolute atomic E-state index is 6.26.